The first-order chi connectivity index (χ1) is 14.1. The van der Waals surface area contributed by atoms with Crippen LogP contribution in [-0.2, 0) is 0 Å². The van der Waals surface area contributed by atoms with Crippen LogP contribution in [0.15, 0.2) is 42.7 Å². The van der Waals surface area contributed by atoms with Crippen LogP contribution in [0.1, 0.15) is 20.7 Å². The number of hydrogen-bond donors (Lipinski definition) is 1. The lowest BCUT2D eigenvalue weighted by Gasteiger charge is -2.34. The zero-order chi connectivity index (χ0) is 20.6. The van der Waals surface area contributed by atoms with Gasteiger partial charge in [-0.1, -0.05) is 0 Å². The number of piperazine rings is 1. The number of ether oxygens (including phenoxy) is 2. The number of methoxy groups -OCH3 is 2. The molecule has 0 radical (unpaired) electrons. The van der Waals surface area contributed by atoms with Gasteiger partial charge in [0.05, 0.1) is 14.2 Å². The highest BCUT2D eigenvalue weighted by Gasteiger charge is 2.23. The minimum absolute atomic E-state index is 0.0170. The van der Waals surface area contributed by atoms with Gasteiger partial charge >= 0.3 is 0 Å². The number of amides is 2. The number of nitrogens with zero attached hydrogens (tertiary/aromatic N) is 3. The van der Waals surface area contributed by atoms with E-state index in [2.05, 4.69) is 15.2 Å². The number of carbonyl (C=O) groups is 2. The summed E-state index contributed by atoms with van der Waals surface area (Å²) in [6, 6.07) is 8.59. The Morgan fingerprint density at radius 2 is 1.66 bits per heavy atom. The summed E-state index contributed by atoms with van der Waals surface area (Å²) in [7, 11) is 3.12. The van der Waals surface area contributed by atoms with Crippen molar-refractivity contribution in [2.75, 3.05) is 53.5 Å². The van der Waals surface area contributed by atoms with Crippen molar-refractivity contribution in [2.24, 2.45) is 0 Å². The molecule has 2 heterocycles. The summed E-state index contributed by atoms with van der Waals surface area (Å²) in [5.74, 6) is 1.02. The topological polar surface area (TPSA) is 84.0 Å². The molecule has 0 aliphatic carbocycles. The molecule has 3 rings (SSSR count). The Bertz CT molecular complexity index is 836. The van der Waals surface area contributed by atoms with Crippen molar-refractivity contribution in [1.82, 2.24) is 20.1 Å². The molecule has 154 valence electrons. The lowest BCUT2D eigenvalue weighted by molar-refractivity contribution is 0.0637. The van der Waals surface area contributed by atoms with Crippen LogP contribution in [-0.4, -0.2) is 80.1 Å². The van der Waals surface area contributed by atoms with Crippen LogP contribution in [0, 0.1) is 0 Å². The van der Waals surface area contributed by atoms with E-state index in [0.29, 0.717) is 42.3 Å². The molecule has 29 heavy (non-hydrogen) atoms. The monoisotopic (exact) mass is 398 g/mol. The Hall–Kier alpha value is -3.13. The average molecular weight is 398 g/mol. The number of rotatable bonds is 7. The first kappa shape index (κ1) is 20.6. The second kappa shape index (κ2) is 9.88. The fourth-order valence-corrected chi connectivity index (χ4v) is 3.26. The Morgan fingerprint density at radius 1 is 0.966 bits per heavy atom. The highest BCUT2D eigenvalue weighted by atomic mass is 16.5. The third-order valence-corrected chi connectivity index (χ3v) is 4.95. The van der Waals surface area contributed by atoms with Crippen LogP contribution in [0.25, 0.3) is 0 Å². The highest BCUT2D eigenvalue weighted by molar-refractivity contribution is 5.95. The zero-order valence-corrected chi connectivity index (χ0v) is 16.8. The second-order valence-corrected chi connectivity index (χ2v) is 6.70. The molecule has 1 saturated heterocycles. The summed E-state index contributed by atoms with van der Waals surface area (Å²) in [4.78, 5) is 32.8. The van der Waals surface area contributed by atoms with E-state index in [0.717, 1.165) is 19.6 Å². The molecule has 2 amide bonds. The van der Waals surface area contributed by atoms with Gasteiger partial charge in [-0.25, -0.2) is 0 Å². The third-order valence-electron chi connectivity index (χ3n) is 4.95. The molecule has 0 unspecified atom stereocenters. The van der Waals surface area contributed by atoms with Gasteiger partial charge in [-0.15, -0.1) is 0 Å². The molecule has 1 aliphatic heterocycles. The summed E-state index contributed by atoms with van der Waals surface area (Å²) in [5.41, 5.74) is 1.19. The Kier molecular flexibility index (Phi) is 7.02. The van der Waals surface area contributed by atoms with Gasteiger partial charge in [0.15, 0.2) is 11.5 Å². The normalized spacial score (nSPS) is 14.3. The van der Waals surface area contributed by atoms with Crippen molar-refractivity contribution in [3.8, 4) is 11.5 Å². The van der Waals surface area contributed by atoms with Crippen molar-refractivity contribution in [3.63, 3.8) is 0 Å². The molecular weight excluding hydrogens is 372 g/mol. The van der Waals surface area contributed by atoms with Gasteiger partial charge in [0.2, 0.25) is 0 Å². The van der Waals surface area contributed by atoms with Gasteiger partial charge in [-0.2, -0.15) is 0 Å². The molecule has 1 fully saturated rings. The summed E-state index contributed by atoms with van der Waals surface area (Å²) in [5, 5.41) is 2.91. The van der Waals surface area contributed by atoms with Gasteiger partial charge in [0.1, 0.15) is 0 Å². The van der Waals surface area contributed by atoms with Crippen LogP contribution in [0.3, 0.4) is 0 Å². The maximum Gasteiger partial charge on any atom is 0.254 e. The lowest BCUT2D eigenvalue weighted by Crippen LogP contribution is -2.50. The quantitative estimate of drug-likeness (QED) is 0.757. The number of carbonyl (C=O) groups excluding carboxylic acids is 2. The molecule has 8 heteroatoms. The predicted molar refractivity (Wildman–Crippen MR) is 108 cm³/mol. The average Bonchev–Trinajstić information content (AvgIpc) is 2.79. The first-order valence-corrected chi connectivity index (χ1v) is 9.54. The van der Waals surface area contributed by atoms with Crippen LogP contribution in [0.4, 0.5) is 0 Å². The fraction of sp³-hybridized carbons (Fsp3) is 0.381. The van der Waals surface area contributed by atoms with Crippen LogP contribution in [0.2, 0.25) is 0 Å². The second-order valence-electron chi connectivity index (χ2n) is 6.70. The highest BCUT2D eigenvalue weighted by Crippen LogP contribution is 2.28. The predicted octanol–water partition coefficient (Wildman–Crippen LogP) is 1.29. The van der Waals surface area contributed by atoms with E-state index in [1.165, 1.54) is 0 Å². The minimum Gasteiger partial charge on any atom is -0.493 e. The van der Waals surface area contributed by atoms with Gasteiger partial charge < -0.3 is 19.7 Å². The van der Waals surface area contributed by atoms with Crippen LogP contribution >= 0.6 is 0 Å². The maximum absolute atomic E-state index is 12.8. The van der Waals surface area contributed by atoms with Gasteiger partial charge in [-0.3, -0.25) is 19.5 Å². The molecule has 1 aliphatic rings. The van der Waals surface area contributed by atoms with E-state index in [1.807, 2.05) is 4.90 Å². The van der Waals surface area contributed by atoms with E-state index >= 15 is 0 Å². The van der Waals surface area contributed by atoms with Crippen LogP contribution < -0.4 is 14.8 Å². The van der Waals surface area contributed by atoms with Crippen molar-refractivity contribution in [3.05, 3.63) is 53.9 Å². The van der Waals surface area contributed by atoms with Gasteiger partial charge in [-0.05, 0) is 30.3 Å². The number of aromatic nitrogens is 1. The molecule has 0 bridgehead atoms. The van der Waals surface area contributed by atoms with E-state index in [4.69, 9.17) is 9.47 Å². The maximum atomic E-state index is 12.8. The first-order valence-electron chi connectivity index (χ1n) is 9.54. The summed E-state index contributed by atoms with van der Waals surface area (Å²) in [6.07, 6.45) is 3.20. The van der Waals surface area contributed by atoms with E-state index in [9.17, 15) is 9.59 Å². The molecule has 0 spiro atoms. The van der Waals surface area contributed by atoms with Crippen molar-refractivity contribution < 1.29 is 19.1 Å². The van der Waals surface area contributed by atoms with Gasteiger partial charge in [0.25, 0.3) is 11.8 Å². The van der Waals surface area contributed by atoms with Crippen molar-refractivity contribution >= 4 is 11.8 Å². The fourth-order valence-electron chi connectivity index (χ4n) is 3.26. The number of benzene rings is 1. The molecule has 1 aromatic carbocycles. The summed E-state index contributed by atoms with van der Waals surface area (Å²) in [6.45, 7) is 4.13. The Balaban J connectivity index is 1.45. The molecule has 8 nitrogen and oxygen atoms in total. The molecular formula is C21H26N4O4. The summed E-state index contributed by atoms with van der Waals surface area (Å²) >= 11 is 0. The van der Waals surface area contributed by atoms with Crippen molar-refractivity contribution in [1.29, 1.82) is 0 Å². The number of pyridine rings is 1. The molecule has 2 aromatic rings. The lowest BCUT2D eigenvalue weighted by atomic mass is 10.1. The minimum atomic E-state index is -0.102. The number of hydrogen-bond acceptors (Lipinski definition) is 6. The van der Waals surface area contributed by atoms with Crippen molar-refractivity contribution in [2.45, 2.75) is 0 Å². The van der Waals surface area contributed by atoms with E-state index < -0.39 is 0 Å². The third kappa shape index (κ3) is 5.23. The molecule has 1 aromatic heterocycles. The largest absolute Gasteiger partial charge is 0.493 e. The van der Waals surface area contributed by atoms with Crippen LogP contribution in [0.5, 0.6) is 11.5 Å². The van der Waals surface area contributed by atoms with E-state index in [1.54, 1.807) is 56.9 Å². The Labute approximate surface area is 170 Å². The van der Waals surface area contributed by atoms with Gasteiger partial charge in [0, 0.05) is 62.8 Å². The SMILES string of the molecule is COc1ccc(C(=O)N2CCN(CCNC(=O)c3ccncc3)CC2)cc1OC. The van der Waals surface area contributed by atoms with E-state index in [-0.39, 0.29) is 11.8 Å². The Morgan fingerprint density at radius 3 is 2.31 bits per heavy atom. The smallest absolute Gasteiger partial charge is 0.254 e. The molecule has 1 N–H and O–H groups in total. The zero-order valence-electron chi connectivity index (χ0n) is 16.8. The summed E-state index contributed by atoms with van der Waals surface area (Å²) < 4.78 is 10.5. The molecule has 0 atom stereocenters. The molecule has 0 saturated carbocycles. The standard InChI is InChI=1S/C21H26N4O4/c1-28-18-4-3-17(15-19(18)29-2)21(27)25-13-11-24(12-14-25)10-9-23-20(26)16-5-7-22-8-6-16/h3-8,15H,9-14H2,1-2H3,(H,23,26). The number of nitrogens with one attached hydrogen (secondary N) is 1.